The van der Waals surface area contributed by atoms with Gasteiger partial charge in [0.2, 0.25) is 0 Å². The fraction of sp³-hybridized carbons (Fsp3) is 0.857. The molecule has 0 spiro atoms. The van der Waals surface area contributed by atoms with Gasteiger partial charge < -0.3 is 20.4 Å². The minimum absolute atomic E-state index is 0.0540. The smallest absolute Gasteiger partial charge is 0.137 e. The summed E-state index contributed by atoms with van der Waals surface area (Å²) in [4.78, 5) is 13.4. The lowest BCUT2D eigenvalue weighted by atomic mass is 9.46. The van der Waals surface area contributed by atoms with Gasteiger partial charge in [-0.3, -0.25) is 4.79 Å². The van der Waals surface area contributed by atoms with Gasteiger partial charge in [0.25, 0.3) is 0 Å². The molecule has 4 aliphatic carbocycles. The van der Waals surface area contributed by atoms with Crippen LogP contribution in [-0.4, -0.2) is 50.6 Å². The first-order chi connectivity index (χ1) is 12.2. The van der Waals surface area contributed by atoms with Gasteiger partial charge in [0.15, 0.2) is 0 Å². The standard InChI is InChI=1S/C21H32O5/c1-19-7-5-13(23)9-12(19)3-4-14-15-6-8-21(26,17(25)11-22)20(15,2)10-16(24)18(14)19/h3,13-15,17-18,22-23,25-26H,4-11H2,1-2H3/t13-,14?,15?,17+,18?,19-,20-,21-/m0/s1. The normalized spacial score (nSPS) is 51.9. The van der Waals surface area contributed by atoms with E-state index in [0.717, 1.165) is 25.7 Å². The van der Waals surface area contributed by atoms with Crippen LogP contribution in [0.25, 0.3) is 0 Å². The van der Waals surface area contributed by atoms with Crippen molar-refractivity contribution in [2.75, 3.05) is 6.61 Å². The first-order valence-electron chi connectivity index (χ1n) is 10.1. The Hall–Kier alpha value is -0.750. The van der Waals surface area contributed by atoms with Crippen LogP contribution >= 0.6 is 0 Å². The number of fused-ring (bicyclic) bond motifs is 5. The largest absolute Gasteiger partial charge is 0.394 e. The average molecular weight is 364 g/mol. The van der Waals surface area contributed by atoms with E-state index in [0.29, 0.717) is 12.8 Å². The van der Waals surface area contributed by atoms with Gasteiger partial charge in [0, 0.05) is 17.8 Å². The molecule has 146 valence electrons. The number of ketones is 1. The van der Waals surface area contributed by atoms with E-state index in [4.69, 9.17) is 0 Å². The third-order valence-electron chi connectivity index (χ3n) is 8.71. The summed E-state index contributed by atoms with van der Waals surface area (Å²) in [5, 5.41) is 41.1. The predicted octanol–water partition coefficient (Wildman–Crippen LogP) is 1.57. The summed E-state index contributed by atoms with van der Waals surface area (Å²) in [6.45, 7) is 3.64. The molecule has 4 rings (SSSR count). The predicted molar refractivity (Wildman–Crippen MR) is 96.1 cm³/mol. The van der Waals surface area contributed by atoms with E-state index >= 15 is 0 Å². The number of allylic oxidation sites excluding steroid dienone is 1. The van der Waals surface area contributed by atoms with E-state index < -0.39 is 23.7 Å². The molecule has 8 atom stereocenters. The molecule has 3 fully saturated rings. The van der Waals surface area contributed by atoms with Crippen molar-refractivity contribution in [3.8, 4) is 0 Å². The molecule has 0 radical (unpaired) electrons. The number of hydrogen-bond donors (Lipinski definition) is 4. The van der Waals surface area contributed by atoms with Crippen LogP contribution in [0.2, 0.25) is 0 Å². The molecule has 5 nitrogen and oxygen atoms in total. The highest BCUT2D eigenvalue weighted by molar-refractivity contribution is 5.85. The summed E-state index contributed by atoms with van der Waals surface area (Å²) >= 11 is 0. The monoisotopic (exact) mass is 364 g/mol. The second kappa shape index (κ2) is 5.87. The average Bonchev–Trinajstić information content (AvgIpc) is 2.86. The number of aliphatic hydroxyl groups excluding tert-OH is 3. The van der Waals surface area contributed by atoms with E-state index in [9.17, 15) is 25.2 Å². The summed E-state index contributed by atoms with van der Waals surface area (Å²) in [5.74, 6) is 0.466. The molecule has 3 saturated carbocycles. The van der Waals surface area contributed by atoms with Crippen molar-refractivity contribution >= 4 is 5.78 Å². The van der Waals surface area contributed by atoms with Crippen molar-refractivity contribution in [2.45, 2.75) is 76.6 Å². The molecule has 0 amide bonds. The SMILES string of the molecule is C[C@]12CC[C@H](O)CC1=CCC1C2C(=O)C[C@@]2(C)C1CC[C@]2(O)[C@H](O)CO. The van der Waals surface area contributed by atoms with Crippen LogP contribution in [0.1, 0.15) is 58.8 Å². The Morgan fingerprint density at radius 1 is 1.27 bits per heavy atom. The Morgan fingerprint density at radius 3 is 2.69 bits per heavy atom. The molecule has 4 N–H and O–H groups in total. The molecule has 4 aliphatic rings. The highest BCUT2D eigenvalue weighted by atomic mass is 16.4. The zero-order valence-electron chi connectivity index (χ0n) is 15.8. The third kappa shape index (κ3) is 2.20. The van der Waals surface area contributed by atoms with Crippen LogP contribution in [-0.2, 0) is 4.79 Å². The highest BCUT2D eigenvalue weighted by Gasteiger charge is 2.67. The summed E-state index contributed by atoms with van der Waals surface area (Å²) in [6, 6.07) is 0. The minimum atomic E-state index is -1.40. The number of carbonyl (C=O) groups is 1. The molecule has 0 bridgehead atoms. The molecule has 0 aromatic carbocycles. The van der Waals surface area contributed by atoms with Crippen molar-refractivity contribution < 1.29 is 25.2 Å². The van der Waals surface area contributed by atoms with Crippen LogP contribution in [0.15, 0.2) is 11.6 Å². The van der Waals surface area contributed by atoms with E-state index in [1.165, 1.54) is 5.57 Å². The molecular weight excluding hydrogens is 332 g/mol. The lowest BCUT2D eigenvalue weighted by Crippen LogP contribution is -2.61. The lowest BCUT2D eigenvalue weighted by molar-refractivity contribution is -0.186. The van der Waals surface area contributed by atoms with Crippen molar-refractivity contribution in [1.82, 2.24) is 0 Å². The number of Topliss-reactive ketones (excluding diaryl/α,β-unsaturated/α-hetero) is 1. The third-order valence-corrected chi connectivity index (χ3v) is 8.71. The summed E-state index contributed by atoms with van der Waals surface area (Å²) in [5.41, 5.74) is -1.04. The molecule has 0 heterocycles. The Kier molecular flexibility index (Phi) is 4.20. The molecule has 3 unspecified atom stereocenters. The quantitative estimate of drug-likeness (QED) is 0.558. The fourth-order valence-corrected chi connectivity index (χ4v) is 7.21. The molecule has 0 aliphatic heterocycles. The van der Waals surface area contributed by atoms with E-state index in [1.54, 1.807) is 0 Å². The van der Waals surface area contributed by atoms with Crippen LogP contribution in [0, 0.1) is 28.6 Å². The first kappa shape index (κ1) is 18.6. The maximum absolute atomic E-state index is 13.4. The Balaban J connectivity index is 1.73. The first-order valence-corrected chi connectivity index (χ1v) is 10.1. The molecule has 5 heteroatoms. The maximum Gasteiger partial charge on any atom is 0.137 e. The number of aliphatic hydroxyl groups is 4. The summed E-state index contributed by atoms with van der Waals surface area (Å²) in [7, 11) is 0. The van der Waals surface area contributed by atoms with Gasteiger partial charge in [-0.25, -0.2) is 0 Å². The summed E-state index contributed by atoms with van der Waals surface area (Å²) < 4.78 is 0. The molecule has 0 saturated heterocycles. The molecule has 0 aromatic rings. The van der Waals surface area contributed by atoms with Crippen LogP contribution < -0.4 is 0 Å². The second-order valence-corrected chi connectivity index (χ2v) is 9.75. The second-order valence-electron chi connectivity index (χ2n) is 9.75. The number of hydrogen-bond acceptors (Lipinski definition) is 5. The van der Waals surface area contributed by atoms with Crippen LogP contribution in [0.3, 0.4) is 0 Å². The maximum atomic E-state index is 13.4. The van der Waals surface area contributed by atoms with Gasteiger partial charge >= 0.3 is 0 Å². The van der Waals surface area contributed by atoms with Crippen molar-refractivity contribution in [3.05, 3.63) is 11.6 Å². The summed E-state index contributed by atoms with van der Waals surface area (Å²) in [6.07, 6.45) is 5.24. The van der Waals surface area contributed by atoms with Crippen molar-refractivity contribution in [2.24, 2.45) is 28.6 Å². The Bertz CT molecular complexity index is 644. The van der Waals surface area contributed by atoms with Crippen molar-refractivity contribution in [1.29, 1.82) is 0 Å². The molecule has 0 aromatic heterocycles. The topological polar surface area (TPSA) is 98.0 Å². The molecule has 26 heavy (non-hydrogen) atoms. The Morgan fingerprint density at radius 2 is 2.00 bits per heavy atom. The van der Waals surface area contributed by atoms with Gasteiger partial charge in [0.1, 0.15) is 11.9 Å². The Labute approximate surface area is 155 Å². The van der Waals surface area contributed by atoms with E-state index in [-0.39, 0.29) is 41.5 Å². The van der Waals surface area contributed by atoms with Crippen LogP contribution in [0.5, 0.6) is 0 Å². The van der Waals surface area contributed by atoms with Crippen LogP contribution in [0.4, 0.5) is 0 Å². The lowest BCUT2D eigenvalue weighted by Gasteiger charge is -2.58. The number of rotatable bonds is 2. The molecular formula is C21H32O5. The van der Waals surface area contributed by atoms with Gasteiger partial charge in [-0.15, -0.1) is 0 Å². The van der Waals surface area contributed by atoms with Gasteiger partial charge in [-0.1, -0.05) is 25.5 Å². The van der Waals surface area contributed by atoms with Gasteiger partial charge in [-0.05, 0) is 55.8 Å². The van der Waals surface area contributed by atoms with Crippen molar-refractivity contribution in [3.63, 3.8) is 0 Å². The number of carbonyl (C=O) groups excluding carboxylic acids is 1. The fourth-order valence-electron chi connectivity index (χ4n) is 7.21. The zero-order valence-corrected chi connectivity index (χ0v) is 15.8. The van der Waals surface area contributed by atoms with Gasteiger partial charge in [0.05, 0.1) is 18.3 Å². The highest BCUT2D eigenvalue weighted by Crippen LogP contribution is 2.66. The van der Waals surface area contributed by atoms with E-state index in [2.05, 4.69) is 13.0 Å². The van der Waals surface area contributed by atoms with E-state index in [1.807, 2.05) is 6.92 Å². The minimum Gasteiger partial charge on any atom is -0.394 e. The van der Waals surface area contributed by atoms with Gasteiger partial charge in [-0.2, -0.15) is 0 Å². The zero-order chi connectivity index (χ0) is 18.9.